The molecular weight excluding hydrogens is 500 g/mol. The first kappa shape index (κ1) is 26.9. The third kappa shape index (κ3) is 3.11. The normalized spacial score (nSPS) is 34.8. The third-order valence-corrected chi connectivity index (χ3v) is 12.9. The Balaban J connectivity index is 1.13. The molecule has 4 saturated carbocycles. The van der Waals surface area contributed by atoms with Crippen molar-refractivity contribution < 1.29 is 19.2 Å². The first-order valence-corrected chi connectivity index (χ1v) is 14.5. The number of nitrogens with one attached hydrogen (secondary N) is 2. The molecule has 2 aromatic rings. The molecule has 210 valence electrons. The standard InChI is InChI=1S/C34H40N2O4/c1-29(2)31(5)15-17-33(29,19-25(31)37)27(39)35-23-11-7-21(8-12-23)22-9-13-24(14-10-22)36-28(40)34-18-16-32(6,26(38)20-34)30(34,3)4/h7-14H,15-20H2,1-6H3,(H,35,39)(H,36,40). The molecule has 0 aromatic heterocycles. The molecule has 4 fully saturated rings. The number of ketones is 2. The first-order valence-electron chi connectivity index (χ1n) is 14.5. The van der Waals surface area contributed by atoms with E-state index in [0.29, 0.717) is 24.2 Å². The summed E-state index contributed by atoms with van der Waals surface area (Å²) in [7, 11) is 0. The van der Waals surface area contributed by atoms with Gasteiger partial charge in [0.25, 0.3) is 0 Å². The van der Waals surface area contributed by atoms with Crippen LogP contribution in [0.1, 0.15) is 80.1 Å². The van der Waals surface area contributed by atoms with Gasteiger partial charge in [-0.3, -0.25) is 19.2 Å². The monoisotopic (exact) mass is 540 g/mol. The summed E-state index contributed by atoms with van der Waals surface area (Å²) in [4.78, 5) is 52.5. The van der Waals surface area contributed by atoms with Crippen molar-refractivity contribution in [2.24, 2.45) is 32.5 Å². The van der Waals surface area contributed by atoms with Crippen molar-refractivity contribution in [1.29, 1.82) is 0 Å². The van der Waals surface area contributed by atoms with Crippen molar-refractivity contribution in [3.63, 3.8) is 0 Å². The predicted molar refractivity (Wildman–Crippen MR) is 155 cm³/mol. The summed E-state index contributed by atoms with van der Waals surface area (Å²) in [6.45, 7) is 12.3. The van der Waals surface area contributed by atoms with Crippen molar-refractivity contribution in [2.75, 3.05) is 10.6 Å². The fraction of sp³-hybridized carbons (Fsp3) is 0.529. The van der Waals surface area contributed by atoms with Gasteiger partial charge in [0.2, 0.25) is 11.8 Å². The average Bonchev–Trinajstić information content (AvgIpc) is 3.38. The third-order valence-electron chi connectivity index (χ3n) is 12.9. The molecular formula is C34H40N2O4. The maximum atomic E-state index is 13.5. The minimum absolute atomic E-state index is 0.0610. The number of fused-ring (bicyclic) bond motifs is 4. The fourth-order valence-electron chi connectivity index (χ4n) is 8.71. The van der Waals surface area contributed by atoms with Crippen LogP contribution in [-0.4, -0.2) is 23.4 Å². The van der Waals surface area contributed by atoms with Crippen LogP contribution >= 0.6 is 0 Å². The second-order valence-corrected chi connectivity index (χ2v) is 14.3. The van der Waals surface area contributed by atoms with Gasteiger partial charge in [0.05, 0.1) is 10.8 Å². The van der Waals surface area contributed by atoms with Gasteiger partial charge in [-0.2, -0.15) is 0 Å². The van der Waals surface area contributed by atoms with Crippen LogP contribution in [0.2, 0.25) is 0 Å². The van der Waals surface area contributed by atoms with Crippen molar-refractivity contribution in [2.45, 2.75) is 80.1 Å². The largest absolute Gasteiger partial charge is 0.326 e. The van der Waals surface area contributed by atoms with Gasteiger partial charge in [-0.25, -0.2) is 0 Å². The minimum atomic E-state index is -0.657. The highest BCUT2D eigenvalue weighted by atomic mass is 16.2. The lowest BCUT2D eigenvalue weighted by atomic mass is 9.64. The lowest BCUT2D eigenvalue weighted by Crippen LogP contribution is -2.43. The van der Waals surface area contributed by atoms with E-state index in [1.54, 1.807) is 0 Å². The van der Waals surface area contributed by atoms with E-state index in [1.807, 2.05) is 62.4 Å². The zero-order valence-electron chi connectivity index (χ0n) is 24.5. The zero-order valence-corrected chi connectivity index (χ0v) is 24.5. The van der Waals surface area contributed by atoms with Gasteiger partial charge in [0.15, 0.2) is 0 Å². The zero-order chi connectivity index (χ0) is 28.9. The molecule has 6 rings (SSSR count). The van der Waals surface area contributed by atoms with Crippen LogP contribution in [0.15, 0.2) is 48.5 Å². The summed E-state index contributed by atoms with van der Waals surface area (Å²) in [6.07, 6.45) is 3.64. The maximum Gasteiger partial charge on any atom is 0.231 e. The summed E-state index contributed by atoms with van der Waals surface area (Å²) in [5.74, 6) is 0.287. The molecule has 4 aliphatic carbocycles. The first-order chi connectivity index (χ1) is 18.6. The van der Waals surface area contributed by atoms with Crippen LogP contribution in [0.3, 0.4) is 0 Å². The number of hydrogen-bond acceptors (Lipinski definition) is 4. The van der Waals surface area contributed by atoms with E-state index in [4.69, 9.17) is 0 Å². The van der Waals surface area contributed by atoms with Crippen molar-refractivity contribution >= 4 is 34.8 Å². The van der Waals surface area contributed by atoms with Gasteiger partial charge in [0.1, 0.15) is 11.6 Å². The van der Waals surface area contributed by atoms with E-state index >= 15 is 0 Å². The number of hydrogen-bond donors (Lipinski definition) is 2. The van der Waals surface area contributed by atoms with Crippen LogP contribution < -0.4 is 10.6 Å². The molecule has 0 heterocycles. The fourth-order valence-corrected chi connectivity index (χ4v) is 8.71. The molecule has 0 aliphatic heterocycles. The molecule has 0 saturated heterocycles. The smallest absolute Gasteiger partial charge is 0.231 e. The average molecular weight is 541 g/mol. The molecule has 4 aliphatic rings. The number of rotatable bonds is 5. The lowest BCUT2D eigenvalue weighted by Gasteiger charge is -2.38. The van der Waals surface area contributed by atoms with Gasteiger partial charge in [0, 0.05) is 35.0 Å². The SMILES string of the molecule is CC12CCC(C(=O)Nc3ccc(-c4ccc(NC(=O)C56CCC(C)(C(=O)C5)C6(C)C)cc4)cc3)(CC1=O)C2(C)C. The molecule has 0 radical (unpaired) electrons. The highest BCUT2D eigenvalue weighted by Crippen LogP contribution is 2.71. The Bertz CT molecular complexity index is 1340. The quantitative estimate of drug-likeness (QED) is 0.436. The number of carbonyl (C=O) groups excluding carboxylic acids is 4. The van der Waals surface area contributed by atoms with Gasteiger partial charge < -0.3 is 10.6 Å². The molecule has 6 nitrogen and oxygen atoms in total. The summed E-state index contributed by atoms with van der Waals surface area (Å²) >= 11 is 0. The molecule has 2 N–H and O–H groups in total. The van der Waals surface area contributed by atoms with E-state index in [0.717, 1.165) is 36.8 Å². The molecule has 6 heteroatoms. The Labute approximate surface area is 236 Å². The lowest BCUT2D eigenvalue weighted by molar-refractivity contribution is -0.131. The van der Waals surface area contributed by atoms with Crippen molar-refractivity contribution in [3.05, 3.63) is 48.5 Å². The minimum Gasteiger partial charge on any atom is -0.326 e. The summed E-state index contributed by atoms with van der Waals surface area (Å²) in [6, 6.07) is 15.5. The number of benzene rings is 2. The van der Waals surface area contributed by atoms with E-state index in [-0.39, 0.29) is 34.2 Å². The summed E-state index contributed by atoms with van der Waals surface area (Å²) in [5.41, 5.74) is 0.489. The summed E-state index contributed by atoms with van der Waals surface area (Å²) in [5, 5.41) is 6.19. The second-order valence-electron chi connectivity index (χ2n) is 14.3. The van der Waals surface area contributed by atoms with E-state index in [1.165, 1.54) is 0 Å². The van der Waals surface area contributed by atoms with Gasteiger partial charge in [-0.05, 0) is 71.9 Å². The van der Waals surface area contributed by atoms with E-state index < -0.39 is 21.7 Å². The Morgan fingerprint density at radius 1 is 0.550 bits per heavy atom. The predicted octanol–water partition coefficient (Wildman–Crippen LogP) is 6.80. The maximum absolute atomic E-state index is 13.5. The van der Waals surface area contributed by atoms with E-state index in [2.05, 4.69) is 38.3 Å². The van der Waals surface area contributed by atoms with Crippen LogP contribution in [0.25, 0.3) is 11.1 Å². The molecule has 4 atom stereocenters. The molecule has 2 amide bonds. The molecule has 4 bridgehead atoms. The Morgan fingerprint density at radius 3 is 1.12 bits per heavy atom. The Morgan fingerprint density at radius 2 is 0.875 bits per heavy atom. The second kappa shape index (κ2) is 8.14. The number of amides is 2. The van der Waals surface area contributed by atoms with E-state index in [9.17, 15) is 19.2 Å². The number of anilines is 2. The van der Waals surface area contributed by atoms with Crippen LogP contribution in [0.5, 0.6) is 0 Å². The van der Waals surface area contributed by atoms with Crippen molar-refractivity contribution in [1.82, 2.24) is 0 Å². The molecule has 0 spiro atoms. The molecule has 40 heavy (non-hydrogen) atoms. The highest BCUT2D eigenvalue weighted by Gasteiger charge is 2.73. The molecule has 2 aromatic carbocycles. The Hall–Kier alpha value is -3.28. The van der Waals surface area contributed by atoms with Gasteiger partial charge >= 0.3 is 0 Å². The van der Waals surface area contributed by atoms with Crippen LogP contribution in [0.4, 0.5) is 11.4 Å². The Kier molecular flexibility index (Phi) is 5.48. The van der Waals surface area contributed by atoms with Crippen LogP contribution in [-0.2, 0) is 19.2 Å². The molecule has 4 unspecified atom stereocenters. The summed E-state index contributed by atoms with van der Waals surface area (Å²) < 4.78 is 0. The van der Waals surface area contributed by atoms with Crippen LogP contribution in [0, 0.1) is 32.5 Å². The number of Topliss-reactive ketones (excluding diaryl/α,β-unsaturated/α-hetero) is 2. The number of carbonyl (C=O) groups is 4. The van der Waals surface area contributed by atoms with Gasteiger partial charge in [-0.15, -0.1) is 0 Å². The van der Waals surface area contributed by atoms with Gasteiger partial charge in [-0.1, -0.05) is 65.8 Å². The van der Waals surface area contributed by atoms with Crippen molar-refractivity contribution in [3.8, 4) is 11.1 Å². The highest BCUT2D eigenvalue weighted by molar-refractivity contribution is 6.05. The topological polar surface area (TPSA) is 92.3 Å².